The molecule has 25 heavy (non-hydrogen) atoms. The van der Waals surface area contributed by atoms with Crippen LogP contribution in [0.3, 0.4) is 0 Å². The number of aromatic nitrogens is 1. The van der Waals surface area contributed by atoms with Gasteiger partial charge in [0, 0.05) is 15.4 Å². The van der Waals surface area contributed by atoms with Gasteiger partial charge in [-0.3, -0.25) is 10.2 Å². The van der Waals surface area contributed by atoms with Crippen LogP contribution >= 0.6 is 43.2 Å². The summed E-state index contributed by atoms with van der Waals surface area (Å²) in [6.07, 6.45) is 1.82. The van der Waals surface area contributed by atoms with Crippen molar-refractivity contribution in [2.45, 2.75) is 20.3 Å². The molecule has 1 heterocycles. The third kappa shape index (κ3) is 6.09. The van der Waals surface area contributed by atoms with Crippen LogP contribution in [0.2, 0.25) is 0 Å². The minimum absolute atomic E-state index is 0.156. The zero-order valence-electron chi connectivity index (χ0n) is 13.7. The van der Waals surface area contributed by atoms with Crippen LogP contribution in [-0.2, 0) is 16.0 Å². The fourth-order valence-electron chi connectivity index (χ4n) is 1.93. The molecule has 0 radical (unpaired) electrons. The minimum Gasteiger partial charge on any atom is -0.492 e. The van der Waals surface area contributed by atoms with E-state index >= 15 is 0 Å². The van der Waals surface area contributed by atoms with Crippen LogP contribution in [0, 0.1) is 0 Å². The quantitative estimate of drug-likeness (QED) is 0.332. The number of carbonyl (C=O) groups is 1. The number of hydrogen-bond acceptors (Lipinski definition) is 7. The van der Waals surface area contributed by atoms with Crippen LogP contribution in [0.4, 0.5) is 5.13 Å². The van der Waals surface area contributed by atoms with Gasteiger partial charge in [0.05, 0.1) is 36.0 Å². The molecule has 1 N–H and O–H groups in total. The van der Waals surface area contributed by atoms with E-state index in [1.165, 1.54) is 11.3 Å². The van der Waals surface area contributed by atoms with Crippen LogP contribution in [0.5, 0.6) is 5.75 Å². The second-order valence-electron chi connectivity index (χ2n) is 4.73. The average molecular weight is 491 g/mol. The highest BCUT2D eigenvalue weighted by Gasteiger charge is 2.09. The van der Waals surface area contributed by atoms with Gasteiger partial charge < -0.3 is 9.47 Å². The van der Waals surface area contributed by atoms with Gasteiger partial charge in [-0.15, -0.1) is 11.3 Å². The first-order valence-corrected chi connectivity index (χ1v) is 10.0. The van der Waals surface area contributed by atoms with Gasteiger partial charge in [0.1, 0.15) is 5.75 Å². The molecule has 0 aliphatic carbocycles. The molecule has 0 saturated carbocycles. The van der Waals surface area contributed by atoms with Gasteiger partial charge in [0.25, 0.3) is 0 Å². The zero-order valence-corrected chi connectivity index (χ0v) is 17.7. The number of esters is 1. The van der Waals surface area contributed by atoms with E-state index in [9.17, 15) is 4.79 Å². The topological polar surface area (TPSA) is 72.8 Å². The van der Waals surface area contributed by atoms with Gasteiger partial charge in [-0.1, -0.05) is 15.9 Å². The third-order valence-corrected chi connectivity index (χ3v) is 4.71. The highest BCUT2D eigenvalue weighted by molar-refractivity contribution is 9.11. The van der Waals surface area contributed by atoms with Crippen molar-refractivity contribution in [1.82, 2.24) is 4.98 Å². The number of carbonyl (C=O) groups excluding carboxylic acids is 1. The number of hydrogen-bond donors (Lipinski definition) is 1. The molecule has 0 bridgehead atoms. The number of nitrogens with one attached hydrogen (secondary N) is 1. The Labute approximate surface area is 166 Å². The lowest BCUT2D eigenvalue weighted by Crippen LogP contribution is -2.07. The van der Waals surface area contributed by atoms with Crippen LogP contribution in [-0.4, -0.2) is 30.4 Å². The van der Waals surface area contributed by atoms with Gasteiger partial charge in [-0.25, -0.2) is 4.98 Å². The van der Waals surface area contributed by atoms with E-state index in [1.54, 1.807) is 18.5 Å². The predicted octanol–water partition coefficient (Wildman–Crippen LogP) is 4.62. The lowest BCUT2D eigenvalue weighted by atomic mass is 10.2. The van der Waals surface area contributed by atoms with E-state index in [0.29, 0.717) is 24.0 Å². The molecule has 134 valence electrons. The number of halogens is 2. The number of rotatable bonds is 8. The number of anilines is 1. The van der Waals surface area contributed by atoms with Crippen molar-refractivity contribution in [3.05, 3.63) is 37.7 Å². The molecule has 1 aromatic heterocycles. The van der Waals surface area contributed by atoms with Gasteiger partial charge in [-0.05, 0) is 41.9 Å². The summed E-state index contributed by atoms with van der Waals surface area (Å²) in [5, 5.41) is 6.60. The average Bonchev–Trinajstić information content (AvgIpc) is 2.98. The summed E-state index contributed by atoms with van der Waals surface area (Å²) in [7, 11) is 0. The van der Waals surface area contributed by atoms with E-state index < -0.39 is 0 Å². The molecule has 2 rings (SSSR count). The highest BCUT2D eigenvalue weighted by Crippen LogP contribution is 2.32. The Morgan fingerprint density at radius 1 is 1.36 bits per heavy atom. The van der Waals surface area contributed by atoms with E-state index in [1.807, 2.05) is 19.1 Å². The molecule has 0 spiro atoms. The molecule has 2 aromatic rings. The molecule has 0 aliphatic heterocycles. The first kappa shape index (κ1) is 19.9. The lowest BCUT2D eigenvalue weighted by molar-refractivity contribution is -0.142. The molecular formula is C16H17Br2N3O3S. The monoisotopic (exact) mass is 489 g/mol. The van der Waals surface area contributed by atoms with Crippen molar-refractivity contribution in [1.29, 1.82) is 0 Å². The van der Waals surface area contributed by atoms with Crippen LogP contribution < -0.4 is 10.2 Å². The maximum atomic E-state index is 11.5. The molecule has 0 atom stereocenters. The van der Waals surface area contributed by atoms with Crippen molar-refractivity contribution in [3.8, 4) is 5.75 Å². The van der Waals surface area contributed by atoms with Crippen molar-refractivity contribution in [2.75, 3.05) is 18.6 Å². The van der Waals surface area contributed by atoms with Crippen LogP contribution in [0.15, 0.2) is 31.6 Å². The number of benzene rings is 1. The Hall–Kier alpha value is -1.45. The Balaban J connectivity index is 2.04. The fraction of sp³-hybridized carbons (Fsp3) is 0.312. The first-order valence-electron chi connectivity index (χ1n) is 7.54. The summed E-state index contributed by atoms with van der Waals surface area (Å²) >= 11 is 8.31. The molecule has 0 saturated heterocycles. The van der Waals surface area contributed by atoms with E-state index in [0.717, 1.165) is 20.3 Å². The van der Waals surface area contributed by atoms with E-state index in [2.05, 4.69) is 47.4 Å². The Morgan fingerprint density at radius 3 is 2.88 bits per heavy atom. The summed E-state index contributed by atoms with van der Waals surface area (Å²) in [4.78, 5) is 15.8. The smallest absolute Gasteiger partial charge is 0.311 e. The SMILES string of the molecule is CCOC(=O)Cc1csc(NN=Cc2cc(Br)cc(Br)c2OCC)n1. The molecule has 0 aliphatic rings. The zero-order chi connectivity index (χ0) is 18.2. The fourth-order valence-corrected chi connectivity index (χ4v) is 3.96. The number of thiazole rings is 1. The van der Waals surface area contributed by atoms with Gasteiger partial charge >= 0.3 is 5.97 Å². The van der Waals surface area contributed by atoms with E-state index in [4.69, 9.17) is 9.47 Å². The largest absolute Gasteiger partial charge is 0.492 e. The minimum atomic E-state index is -0.289. The maximum absolute atomic E-state index is 11.5. The highest BCUT2D eigenvalue weighted by atomic mass is 79.9. The molecule has 0 fully saturated rings. The Bertz CT molecular complexity index is 765. The summed E-state index contributed by atoms with van der Waals surface area (Å²) in [5.74, 6) is 0.432. The Kier molecular flexibility index (Phi) is 7.86. The lowest BCUT2D eigenvalue weighted by Gasteiger charge is -2.09. The third-order valence-electron chi connectivity index (χ3n) is 2.87. The summed E-state index contributed by atoms with van der Waals surface area (Å²) in [6, 6.07) is 3.83. The Morgan fingerprint density at radius 2 is 2.16 bits per heavy atom. The first-order chi connectivity index (χ1) is 12.0. The molecule has 0 amide bonds. The van der Waals surface area contributed by atoms with Crippen molar-refractivity contribution >= 4 is 60.5 Å². The summed E-state index contributed by atoms with van der Waals surface area (Å²) in [6.45, 7) is 4.62. The number of ether oxygens (including phenoxy) is 2. The van der Waals surface area contributed by atoms with Gasteiger partial charge in [0.2, 0.25) is 5.13 Å². The normalized spacial score (nSPS) is 10.9. The van der Waals surface area contributed by atoms with Crippen LogP contribution in [0.1, 0.15) is 25.1 Å². The molecule has 6 nitrogen and oxygen atoms in total. The number of hydrazone groups is 1. The van der Waals surface area contributed by atoms with Gasteiger partial charge in [-0.2, -0.15) is 5.10 Å². The second kappa shape index (κ2) is 9.88. The molecule has 1 aromatic carbocycles. The molecular weight excluding hydrogens is 474 g/mol. The summed E-state index contributed by atoms with van der Waals surface area (Å²) in [5.41, 5.74) is 4.34. The molecule has 9 heteroatoms. The number of nitrogens with zero attached hydrogens (tertiary/aromatic N) is 2. The standard InChI is InChI=1S/C16H17Br2N3O3S/c1-3-23-14(22)7-12-9-25-16(20-12)21-19-8-10-5-11(17)6-13(18)15(10)24-4-2/h5-6,8-9H,3-4,7H2,1-2H3,(H,20,21). The van der Waals surface area contributed by atoms with Crippen molar-refractivity contribution in [3.63, 3.8) is 0 Å². The van der Waals surface area contributed by atoms with Crippen LogP contribution in [0.25, 0.3) is 0 Å². The predicted molar refractivity (Wildman–Crippen MR) is 107 cm³/mol. The summed E-state index contributed by atoms with van der Waals surface area (Å²) < 4.78 is 12.3. The van der Waals surface area contributed by atoms with Crippen molar-refractivity contribution in [2.24, 2.45) is 5.10 Å². The second-order valence-corrected chi connectivity index (χ2v) is 7.36. The van der Waals surface area contributed by atoms with Gasteiger partial charge in [0.15, 0.2) is 0 Å². The maximum Gasteiger partial charge on any atom is 0.311 e. The van der Waals surface area contributed by atoms with Crippen molar-refractivity contribution < 1.29 is 14.3 Å². The molecule has 0 unspecified atom stereocenters. The van der Waals surface area contributed by atoms with E-state index in [-0.39, 0.29) is 12.4 Å².